The van der Waals surface area contributed by atoms with Crippen LogP contribution in [0, 0.1) is 0 Å². The van der Waals surface area contributed by atoms with Crippen molar-refractivity contribution < 1.29 is 15.0 Å². The van der Waals surface area contributed by atoms with Crippen molar-refractivity contribution in [3.63, 3.8) is 0 Å². The monoisotopic (exact) mass is 513 g/mol. The number of rotatable bonds is 8. The van der Waals surface area contributed by atoms with Crippen molar-refractivity contribution >= 4 is 23.3 Å². The van der Waals surface area contributed by atoms with Gasteiger partial charge in [0.2, 0.25) is 0 Å². The van der Waals surface area contributed by atoms with Crippen LogP contribution in [0.2, 0.25) is 0 Å². The van der Waals surface area contributed by atoms with Crippen LogP contribution in [0.25, 0.3) is 22.3 Å². The maximum absolute atomic E-state index is 11.2. The van der Waals surface area contributed by atoms with E-state index in [0.29, 0.717) is 5.56 Å². The highest BCUT2D eigenvalue weighted by Gasteiger charge is 2.14. The van der Waals surface area contributed by atoms with Crippen LogP contribution in [0.15, 0.2) is 121 Å². The van der Waals surface area contributed by atoms with Gasteiger partial charge < -0.3 is 15.1 Å². The molecule has 0 saturated heterocycles. The lowest BCUT2D eigenvalue weighted by Crippen LogP contribution is -2.10. The Labute approximate surface area is 229 Å². The van der Waals surface area contributed by atoms with Gasteiger partial charge >= 0.3 is 0 Å². The van der Waals surface area contributed by atoms with Crippen LogP contribution in [0.3, 0.4) is 0 Å². The highest BCUT2D eigenvalue weighted by Crippen LogP contribution is 2.37. The Morgan fingerprint density at radius 2 is 0.769 bits per heavy atom. The van der Waals surface area contributed by atoms with Crippen LogP contribution in [0.1, 0.15) is 47.5 Å². The van der Waals surface area contributed by atoms with Crippen molar-refractivity contribution in [2.45, 2.75) is 26.1 Å². The number of aldehydes is 1. The summed E-state index contributed by atoms with van der Waals surface area (Å²) in [7, 11) is 0. The quantitative estimate of drug-likeness (QED) is 0.205. The van der Waals surface area contributed by atoms with E-state index in [2.05, 4.69) is 53.4 Å². The van der Waals surface area contributed by atoms with Crippen LogP contribution >= 0.6 is 0 Å². The number of aliphatic hydroxyl groups is 2. The molecule has 0 bridgehead atoms. The largest absolute Gasteiger partial charge is 0.389 e. The van der Waals surface area contributed by atoms with Gasteiger partial charge in [-0.05, 0) is 95.8 Å². The van der Waals surface area contributed by atoms with Gasteiger partial charge in [-0.3, -0.25) is 4.79 Å². The third-order valence-corrected chi connectivity index (χ3v) is 6.99. The average molecular weight is 514 g/mol. The van der Waals surface area contributed by atoms with E-state index in [0.717, 1.165) is 56.7 Å². The Hall–Kier alpha value is -4.51. The van der Waals surface area contributed by atoms with E-state index < -0.39 is 12.2 Å². The zero-order valence-electron chi connectivity index (χ0n) is 22.0. The second-order valence-electron chi connectivity index (χ2n) is 9.73. The predicted octanol–water partition coefficient (Wildman–Crippen LogP) is 8.41. The van der Waals surface area contributed by atoms with Gasteiger partial charge in [0.05, 0.1) is 12.2 Å². The molecule has 2 atom stereocenters. The average Bonchev–Trinajstić information content (AvgIpc) is 2.98. The molecule has 5 aromatic rings. The Morgan fingerprint density at radius 3 is 1.05 bits per heavy atom. The Morgan fingerprint density at radius 1 is 0.487 bits per heavy atom. The molecule has 194 valence electrons. The maximum atomic E-state index is 11.2. The molecule has 2 unspecified atom stereocenters. The van der Waals surface area contributed by atoms with Crippen molar-refractivity contribution in [3.05, 3.63) is 138 Å². The number of aliphatic hydroxyl groups excluding tert-OH is 2. The molecule has 39 heavy (non-hydrogen) atoms. The summed E-state index contributed by atoms with van der Waals surface area (Å²) in [5.74, 6) is 0. The summed E-state index contributed by atoms with van der Waals surface area (Å²) in [6.45, 7) is 3.53. The molecule has 4 heteroatoms. The van der Waals surface area contributed by atoms with E-state index in [4.69, 9.17) is 0 Å². The lowest BCUT2D eigenvalue weighted by molar-refractivity contribution is 0.112. The van der Waals surface area contributed by atoms with E-state index in [1.54, 1.807) is 13.8 Å². The number of nitrogens with zero attached hydrogens (tertiary/aromatic N) is 1. The lowest BCUT2D eigenvalue weighted by Gasteiger charge is -2.26. The highest BCUT2D eigenvalue weighted by molar-refractivity contribution is 5.82. The number of anilines is 3. The number of benzene rings is 5. The predicted molar refractivity (Wildman–Crippen MR) is 159 cm³/mol. The number of carbonyl (C=O) groups is 1. The molecule has 2 N–H and O–H groups in total. The highest BCUT2D eigenvalue weighted by atomic mass is 16.3. The molecule has 0 aliphatic heterocycles. The summed E-state index contributed by atoms with van der Waals surface area (Å²) in [6.07, 6.45) is -0.130. The Bertz CT molecular complexity index is 1420. The first-order valence-corrected chi connectivity index (χ1v) is 13.1. The van der Waals surface area contributed by atoms with E-state index >= 15 is 0 Å². The summed E-state index contributed by atoms with van der Waals surface area (Å²) in [4.78, 5) is 13.4. The first kappa shape index (κ1) is 26.1. The summed E-state index contributed by atoms with van der Waals surface area (Å²) in [6, 6.07) is 40.2. The van der Waals surface area contributed by atoms with E-state index in [9.17, 15) is 15.0 Å². The molecule has 0 saturated carbocycles. The zero-order chi connectivity index (χ0) is 27.4. The fourth-order valence-corrected chi connectivity index (χ4v) is 4.66. The van der Waals surface area contributed by atoms with Gasteiger partial charge in [0, 0.05) is 22.6 Å². The van der Waals surface area contributed by atoms with E-state index in [1.165, 1.54) is 0 Å². The molecule has 0 aliphatic rings. The molecule has 0 fully saturated rings. The third-order valence-electron chi connectivity index (χ3n) is 6.99. The molecule has 0 amide bonds. The van der Waals surface area contributed by atoms with Crippen LogP contribution in [0.5, 0.6) is 0 Å². The molecule has 0 heterocycles. The van der Waals surface area contributed by atoms with Crippen molar-refractivity contribution in [1.82, 2.24) is 0 Å². The molecule has 5 rings (SSSR count). The molecule has 0 radical (unpaired) electrons. The van der Waals surface area contributed by atoms with Crippen LogP contribution < -0.4 is 4.90 Å². The van der Waals surface area contributed by atoms with Crippen molar-refractivity contribution in [3.8, 4) is 22.3 Å². The molecule has 4 nitrogen and oxygen atoms in total. The fourth-order valence-electron chi connectivity index (χ4n) is 4.66. The van der Waals surface area contributed by atoms with Crippen molar-refractivity contribution in [2.24, 2.45) is 0 Å². The SMILES string of the molecule is CC(O)c1ccc(-c2ccc(N(c3ccc(C=O)cc3)c3ccc(-c4ccc(C(C)O)cc4)cc3)cc2)cc1. The maximum Gasteiger partial charge on any atom is 0.150 e. The molecule has 0 aliphatic carbocycles. The number of carbonyl (C=O) groups excluding carboxylic acids is 1. The van der Waals surface area contributed by atoms with Gasteiger partial charge in [-0.25, -0.2) is 0 Å². The first-order chi connectivity index (χ1) is 18.9. The summed E-state index contributed by atoms with van der Waals surface area (Å²) in [5.41, 5.74) is 9.68. The van der Waals surface area contributed by atoms with Gasteiger partial charge in [-0.2, -0.15) is 0 Å². The topological polar surface area (TPSA) is 60.8 Å². The zero-order valence-corrected chi connectivity index (χ0v) is 22.0. The number of hydrogen-bond donors (Lipinski definition) is 2. The second kappa shape index (κ2) is 11.5. The van der Waals surface area contributed by atoms with Crippen molar-refractivity contribution in [2.75, 3.05) is 4.90 Å². The fraction of sp³-hybridized carbons (Fsp3) is 0.114. The summed E-state index contributed by atoms with van der Waals surface area (Å²) in [5, 5.41) is 19.6. The van der Waals surface area contributed by atoms with Crippen LogP contribution in [-0.2, 0) is 0 Å². The normalized spacial score (nSPS) is 12.5. The minimum Gasteiger partial charge on any atom is -0.389 e. The Kier molecular flexibility index (Phi) is 7.69. The minimum absolute atomic E-state index is 0.490. The first-order valence-electron chi connectivity index (χ1n) is 13.1. The van der Waals surface area contributed by atoms with Crippen LogP contribution in [0.4, 0.5) is 17.1 Å². The van der Waals surface area contributed by atoms with E-state index in [1.807, 2.05) is 72.8 Å². The summed E-state index contributed by atoms with van der Waals surface area (Å²) >= 11 is 0. The molecule has 0 spiro atoms. The molecular weight excluding hydrogens is 482 g/mol. The number of hydrogen-bond acceptors (Lipinski definition) is 4. The van der Waals surface area contributed by atoms with Gasteiger partial charge in [0.25, 0.3) is 0 Å². The lowest BCUT2D eigenvalue weighted by atomic mass is 10.0. The standard InChI is InChI=1S/C35H31NO3/c1-24(38)27-5-9-29(10-6-27)31-13-19-34(20-14-31)36(33-17-3-26(23-37)4-18-33)35-21-15-32(16-22-35)30-11-7-28(8-12-30)25(2)39/h3-25,38-39H,1-2H3. The van der Waals surface area contributed by atoms with Crippen LogP contribution in [-0.4, -0.2) is 16.5 Å². The third kappa shape index (κ3) is 5.83. The second-order valence-corrected chi connectivity index (χ2v) is 9.73. The Balaban J connectivity index is 1.48. The minimum atomic E-state index is -0.490. The van der Waals surface area contributed by atoms with Gasteiger partial charge in [-0.15, -0.1) is 0 Å². The van der Waals surface area contributed by atoms with Crippen molar-refractivity contribution in [1.29, 1.82) is 0 Å². The van der Waals surface area contributed by atoms with Gasteiger partial charge in [0.15, 0.2) is 0 Å². The molecule has 0 aromatic heterocycles. The van der Waals surface area contributed by atoms with Gasteiger partial charge in [-0.1, -0.05) is 72.8 Å². The smallest absolute Gasteiger partial charge is 0.150 e. The van der Waals surface area contributed by atoms with Gasteiger partial charge in [0.1, 0.15) is 6.29 Å². The molecular formula is C35H31NO3. The van der Waals surface area contributed by atoms with E-state index in [-0.39, 0.29) is 0 Å². The summed E-state index contributed by atoms with van der Waals surface area (Å²) < 4.78 is 0. The molecule has 5 aromatic carbocycles.